The van der Waals surface area contributed by atoms with Crippen LogP contribution in [0.2, 0.25) is 0 Å². The van der Waals surface area contributed by atoms with E-state index in [-0.39, 0.29) is 23.2 Å². The smallest absolute Gasteiger partial charge is 0.279 e. The van der Waals surface area contributed by atoms with E-state index in [1.54, 1.807) is 0 Å². The minimum Gasteiger partial charge on any atom is -0.350 e. The van der Waals surface area contributed by atoms with Gasteiger partial charge in [-0.05, 0) is 18.8 Å². The molecular formula is C12H21N3O2S. The van der Waals surface area contributed by atoms with Crippen LogP contribution in [0.3, 0.4) is 0 Å². The van der Waals surface area contributed by atoms with Crippen molar-refractivity contribution in [2.45, 2.75) is 44.2 Å². The molecule has 1 saturated heterocycles. The summed E-state index contributed by atoms with van der Waals surface area (Å²) in [5.41, 5.74) is 5.77. The van der Waals surface area contributed by atoms with Crippen LogP contribution in [0, 0.1) is 5.92 Å². The van der Waals surface area contributed by atoms with Gasteiger partial charge in [-0.2, -0.15) is 0 Å². The molecule has 0 aromatic rings. The van der Waals surface area contributed by atoms with Crippen molar-refractivity contribution in [3.8, 4) is 0 Å². The largest absolute Gasteiger partial charge is 0.350 e. The molecular weight excluding hydrogens is 250 g/mol. The van der Waals surface area contributed by atoms with E-state index in [1.165, 1.54) is 19.3 Å². The summed E-state index contributed by atoms with van der Waals surface area (Å²) >= 11 is 1.16. The molecule has 0 radical (unpaired) electrons. The lowest BCUT2D eigenvalue weighted by atomic mass is 9.84. The minimum atomic E-state index is -0.389. The standard InChI is InChI=1S/C12H21N3O2S/c13-6-9(8-4-2-1-3-5-8)14-11(16)10-7-18-12(17)15-10/h8-10H,1-7,13H2,(H,14,16)(H,15,17). The van der Waals surface area contributed by atoms with Gasteiger partial charge in [0, 0.05) is 18.3 Å². The van der Waals surface area contributed by atoms with E-state index < -0.39 is 0 Å². The molecule has 0 spiro atoms. The minimum absolute atomic E-state index is 0.0558. The first-order chi connectivity index (χ1) is 8.70. The maximum atomic E-state index is 12.0. The van der Waals surface area contributed by atoms with Crippen LogP contribution in [0.15, 0.2) is 0 Å². The normalized spacial score (nSPS) is 26.7. The fraction of sp³-hybridized carbons (Fsp3) is 0.833. The van der Waals surface area contributed by atoms with Gasteiger partial charge in [0.05, 0.1) is 0 Å². The number of amides is 2. The van der Waals surface area contributed by atoms with Crippen molar-refractivity contribution in [3.05, 3.63) is 0 Å². The number of nitrogens with one attached hydrogen (secondary N) is 2. The zero-order valence-electron chi connectivity index (χ0n) is 10.5. The Hall–Kier alpha value is -0.750. The van der Waals surface area contributed by atoms with E-state index >= 15 is 0 Å². The second-order valence-electron chi connectivity index (χ2n) is 5.04. The molecule has 2 amide bonds. The van der Waals surface area contributed by atoms with E-state index in [1.807, 2.05) is 0 Å². The predicted octanol–water partition coefficient (Wildman–Crippen LogP) is 0.835. The Labute approximate surface area is 112 Å². The molecule has 2 fully saturated rings. The zero-order valence-corrected chi connectivity index (χ0v) is 11.3. The van der Waals surface area contributed by atoms with Crippen molar-refractivity contribution in [3.63, 3.8) is 0 Å². The Balaban J connectivity index is 1.85. The molecule has 0 aromatic carbocycles. The lowest BCUT2D eigenvalue weighted by Gasteiger charge is -2.30. The molecule has 2 unspecified atom stereocenters. The van der Waals surface area contributed by atoms with Crippen LogP contribution in [0.25, 0.3) is 0 Å². The predicted molar refractivity (Wildman–Crippen MR) is 72.3 cm³/mol. The van der Waals surface area contributed by atoms with Crippen molar-refractivity contribution < 1.29 is 9.59 Å². The Morgan fingerprint density at radius 2 is 2.17 bits per heavy atom. The quantitative estimate of drug-likeness (QED) is 0.707. The molecule has 1 heterocycles. The number of carbonyl (C=O) groups excluding carboxylic acids is 2. The van der Waals surface area contributed by atoms with E-state index in [0.717, 1.165) is 24.6 Å². The maximum Gasteiger partial charge on any atom is 0.279 e. The van der Waals surface area contributed by atoms with Gasteiger partial charge in [0.15, 0.2) is 0 Å². The summed E-state index contributed by atoms with van der Waals surface area (Å²) in [5, 5.41) is 5.55. The van der Waals surface area contributed by atoms with E-state index in [4.69, 9.17) is 5.73 Å². The van der Waals surface area contributed by atoms with E-state index in [9.17, 15) is 9.59 Å². The van der Waals surface area contributed by atoms with E-state index in [0.29, 0.717) is 18.2 Å². The second-order valence-corrected chi connectivity index (χ2v) is 6.04. The van der Waals surface area contributed by atoms with Gasteiger partial charge in [0.2, 0.25) is 5.91 Å². The molecule has 0 bridgehead atoms. The molecule has 5 nitrogen and oxygen atoms in total. The van der Waals surface area contributed by atoms with E-state index in [2.05, 4.69) is 10.6 Å². The highest BCUT2D eigenvalue weighted by Crippen LogP contribution is 2.26. The van der Waals surface area contributed by atoms with Crippen molar-refractivity contribution in [1.82, 2.24) is 10.6 Å². The highest BCUT2D eigenvalue weighted by molar-refractivity contribution is 8.14. The summed E-state index contributed by atoms with van der Waals surface area (Å²) in [6.07, 6.45) is 6.04. The fourth-order valence-electron chi connectivity index (χ4n) is 2.71. The Kier molecular flexibility index (Phi) is 4.88. The molecule has 102 valence electrons. The SMILES string of the molecule is NCC(NC(=O)C1CSC(=O)N1)C1CCCCC1. The van der Waals surface area contributed by atoms with Gasteiger partial charge in [0.25, 0.3) is 5.24 Å². The topological polar surface area (TPSA) is 84.2 Å². The Morgan fingerprint density at radius 3 is 2.72 bits per heavy atom. The van der Waals surface area contributed by atoms with Gasteiger partial charge >= 0.3 is 0 Å². The van der Waals surface area contributed by atoms with Crippen molar-refractivity contribution in [2.75, 3.05) is 12.3 Å². The van der Waals surface area contributed by atoms with Gasteiger partial charge in [-0.25, -0.2) is 0 Å². The van der Waals surface area contributed by atoms with Gasteiger partial charge in [-0.1, -0.05) is 31.0 Å². The first kappa shape index (κ1) is 13.7. The van der Waals surface area contributed by atoms with Gasteiger partial charge in [-0.15, -0.1) is 0 Å². The van der Waals surface area contributed by atoms with Crippen LogP contribution in [0.5, 0.6) is 0 Å². The van der Waals surface area contributed by atoms with Crippen molar-refractivity contribution in [1.29, 1.82) is 0 Å². The average Bonchev–Trinajstić information content (AvgIpc) is 2.83. The third-order valence-electron chi connectivity index (χ3n) is 3.79. The van der Waals surface area contributed by atoms with Crippen molar-refractivity contribution >= 4 is 22.9 Å². The maximum absolute atomic E-state index is 12.0. The lowest BCUT2D eigenvalue weighted by Crippen LogP contribution is -2.52. The lowest BCUT2D eigenvalue weighted by molar-refractivity contribution is -0.123. The highest BCUT2D eigenvalue weighted by Gasteiger charge is 2.31. The van der Waals surface area contributed by atoms with Crippen LogP contribution in [-0.2, 0) is 4.79 Å². The van der Waals surface area contributed by atoms with Gasteiger partial charge in [0.1, 0.15) is 6.04 Å². The summed E-state index contributed by atoms with van der Waals surface area (Å²) in [6.45, 7) is 0.476. The molecule has 2 atom stereocenters. The first-order valence-electron chi connectivity index (χ1n) is 6.64. The van der Waals surface area contributed by atoms with Crippen LogP contribution in [0.1, 0.15) is 32.1 Å². The Bertz CT molecular complexity index is 318. The molecule has 4 N–H and O–H groups in total. The van der Waals surface area contributed by atoms with Gasteiger partial charge < -0.3 is 16.4 Å². The molecule has 2 rings (SSSR count). The molecule has 1 aliphatic heterocycles. The summed E-state index contributed by atoms with van der Waals surface area (Å²) < 4.78 is 0. The number of thioether (sulfide) groups is 1. The number of hydrogen-bond acceptors (Lipinski definition) is 4. The highest BCUT2D eigenvalue weighted by atomic mass is 32.2. The number of hydrogen-bond donors (Lipinski definition) is 3. The number of rotatable bonds is 4. The summed E-state index contributed by atoms with van der Waals surface area (Å²) in [7, 11) is 0. The summed E-state index contributed by atoms with van der Waals surface area (Å²) in [4.78, 5) is 23.1. The average molecular weight is 271 g/mol. The second kappa shape index (κ2) is 6.43. The molecule has 6 heteroatoms. The molecule has 18 heavy (non-hydrogen) atoms. The summed E-state index contributed by atoms with van der Waals surface area (Å²) in [6, 6.07) is -0.333. The monoisotopic (exact) mass is 271 g/mol. The molecule has 1 saturated carbocycles. The Morgan fingerprint density at radius 1 is 1.44 bits per heavy atom. The fourth-order valence-corrected chi connectivity index (χ4v) is 3.49. The van der Waals surface area contributed by atoms with Crippen LogP contribution in [0.4, 0.5) is 4.79 Å². The number of carbonyl (C=O) groups is 2. The first-order valence-corrected chi connectivity index (χ1v) is 7.63. The van der Waals surface area contributed by atoms with Gasteiger partial charge in [-0.3, -0.25) is 9.59 Å². The molecule has 2 aliphatic rings. The zero-order chi connectivity index (χ0) is 13.0. The summed E-state index contributed by atoms with van der Waals surface area (Å²) in [5.74, 6) is 0.930. The molecule has 1 aliphatic carbocycles. The molecule has 0 aromatic heterocycles. The van der Waals surface area contributed by atoms with Crippen LogP contribution in [-0.4, -0.2) is 35.5 Å². The van der Waals surface area contributed by atoms with Crippen LogP contribution >= 0.6 is 11.8 Å². The number of nitrogens with two attached hydrogens (primary N) is 1. The van der Waals surface area contributed by atoms with Crippen molar-refractivity contribution in [2.24, 2.45) is 11.7 Å². The third-order valence-corrected chi connectivity index (χ3v) is 4.67. The third kappa shape index (κ3) is 3.38. The van der Waals surface area contributed by atoms with Crippen LogP contribution < -0.4 is 16.4 Å².